The zero-order chi connectivity index (χ0) is 19.5. The number of esters is 1. The third-order valence-corrected chi connectivity index (χ3v) is 4.16. The summed E-state index contributed by atoms with van der Waals surface area (Å²) in [5.41, 5.74) is 0.0387. The number of hydrogen-bond acceptors (Lipinski definition) is 6. The standard InChI is InChI=1S/C19H25NO6/c1-19(2,3)26-18(24)20-14(17(23)25-4)11-13(16(20)22)15(21)10-12-8-6-5-7-9-12/h5-9,13-15,21H,10-11H2,1-4H3/t13?,14-,15?/m0/s1. The van der Waals surface area contributed by atoms with E-state index in [-0.39, 0.29) is 12.8 Å². The number of hydrogen-bond donors (Lipinski definition) is 1. The SMILES string of the molecule is COC(=O)[C@@H]1CC(C(O)Cc2ccccc2)C(=O)N1C(=O)OC(C)(C)C. The van der Waals surface area contributed by atoms with E-state index in [1.165, 1.54) is 7.11 Å². The van der Waals surface area contributed by atoms with Gasteiger partial charge in [0.15, 0.2) is 0 Å². The first-order chi connectivity index (χ1) is 12.1. The fourth-order valence-electron chi connectivity index (χ4n) is 2.96. The smallest absolute Gasteiger partial charge is 0.417 e. The lowest BCUT2D eigenvalue weighted by Crippen LogP contribution is -2.46. The molecule has 2 rings (SSSR count). The van der Waals surface area contributed by atoms with Crippen LogP contribution in [0.1, 0.15) is 32.8 Å². The van der Waals surface area contributed by atoms with Gasteiger partial charge in [0, 0.05) is 0 Å². The first-order valence-electron chi connectivity index (χ1n) is 8.50. The number of methoxy groups -OCH3 is 1. The molecule has 0 saturated carbocycles. The number of amides is 2. The Morgan fingerprint density at radius 2 is 1.88 bits per heavy atom. The summed E-state index contributed by atoms with van der Waals surface area (Å²) in [7, 11) is 1.19. The Hall–Kier alpha value is -2.41. The molecule has 1 heterocycles. The number of aliphatic hydroxyl groups excluding tert-OH is 1. The molecule has 1 saturated heterocycles. The second kappa shape index (κ2) is 7.86. The summed E-state index contributed by atoms with van der Waals surface area (Å²) in [5, 5.41) is 10.5. The van der Waals surface area contributed by atoms with Gasteiger partial charge in [0.05, 0.1) is 19.1 Å². The van der Waals surface area contributed by atoms with Gasteiger partial charge in [0.2, 0.25) is 5.91 Å². The maximum absolute atomic E-state index is 12.8. The number of likely N-dealkylation sites (tertiary alicyclic amines) is 1. The molecule has 1 aliphatic heterocycles. The van der Waals surface area contributed by atoms with Gasteiger partial charge in [-0.3, -0.25) is 4.79 Å². The largest absolute Gasteiger partial charge is 0.467 e. The van der Waals surface area contributed by atoms with E-state index in [2.05, 4.69) is 0 Å². The van der Waals surface area contributed by atoms with E-state index in [9.17, 15) is 19.5 Å². The van der Waals surface area contributed by atoms with Crippen molar-refractivity contribution in [1.29, 1.82) is 0 Å². The Balaban J connectivity index is 2.20. The number of carbonyl (C=O) groups excluding carboxylic acids is 3. The molecule has 1 fully saturated rings. The maximum atomic E-state index is 12.8. The van der Waals surface area contributed by atoms with Crippen LogP contribution >= 0.6 is 0 Å². The van der Waals surface area contributed by atoms with Gasteiger partial charge in [0.1, 0.15) is 11.6 Å². The van der Waals surface area contributed by atoms with Gasteiger partial charge in [-0.25, -0.2) is 14.5 Å². The molecule has 26 heavy (non-hydrogen) atoms. The van der Waals surface area contributed by atoms with Crippen LogP contribution in [0.3, 0.4) is 0 Å². The van der Waals surface area contributed by atoms with Gasteiger partial charge in [0.25, 0.3) is 0 Å². The van der Waals surface area contributed by atoms with Crippen LogP contribution in [0.5, 0.6) is 0 Å². The minimum Gasteiger partial charge on any atom is -0.467 e. The van der Waals surface area contributed by atoms with Crippen molar-refractivity contribution in [3.63, 3.8) is 0 Å². The summed E-state index contributed by atoms with van der Waals surface area (Å²) in [6.07, 6.45) is -1.69. The molecule has 0 aromatic heterocycles. The van der Waals surface area contributed by atoms with Gasteiger partial charge in [-0.2, -0.15) is 0 Å². The second-order valence-corrected chi connectivity index (χ2v) is 7.33. The highest BCUT2D eigenvalue weighted by molar-refractivity contribution is 6.01. The third kappa shape index (κ3) is 4.60. The van der Waals surface area contributed by atoms with E-state index in [1.807, 2.05) is 30.3 Å². The molecule has 2 unspecified atom stereocenters. The first-order valence-corrected chi connectivity index (χ1v) is 8.50. The molecule has 0 bridgehead atoms. The number of nitrogens with zero attached hydrogens (tertiary/aromatic N) is 1. The zero-order valence-electron chi connectivity index (χ0n) is 15.5. The zero-order valence-corrected chi connectivity index (χ0v) is 15.5. The molecule has 1 N–H and O–H groups in total. The summed E-state index contributed by atoms with van der Waals surface area (Å²) in [5.74, 6) is -2.22. The average molecular weight is 363 g/mol. The molecular weight excluding hydrogens is 338 g/mol. The lowest BCUT2D eigenvalue weighted by molar-refractivity contribution is -0.149. The van der Waals surface area contributed by atoms with Crippen LogP contribution in [0.15, 0.2) is 30.3 Å². The quantitative estimate of drug-likeness (QED) is 0.822. The number of ether oxygens (including phenoxy) is 2. The van der Waals surface area contributed by atoms with Gasteiger partial charge in [-0.15, -0.1) is 0 Å². The lowest BCUT2D eigenvalue weighted by Gasteiger charge is -2.26. The van der Waals surface area contributed by atoms with Crippen molar-refractivity contribution in [2.24, 2.45) is 5.92 Å². The van der Waals surface area contributed by atoms with E-state index in [4.69, 9.17) is 9.47 Å². The maximum Gasteiger partial charge on any atom is 0.417 e. The first kappa shape index (κ1) is 19.9. The van der Waals surface area contributed by atoms with E-state index in [1.54, 1.807) is 20.8 Å². The van der Waals surface area contributed by atoms with Gasteiger partial charge in [-0.1, -0.05) is 30.3 Å². The minimum absolute atomic E-state index is 0.00124. The molecule has 0 aliphatic carbocycles. The predicted molar refractivity (Wildman–Crippen MR) is 93.1 cm³/mol. The van der Waals surface area contributed by atoms with E-state index < -0.39 is 41.6 Å². The second-order valence-electron chi connectivity index (χ2n) is 7.33. The molecule has 1 aromatic carbocycles. The van der Waals surface area contributed by atoms with Crippen molar-refractivity contribution >= 4 is 18.0 Å². The molecule has 0 radical (unpaired) electrons. The van der Waals surface area contributed by atoms with E-state index >= 15 is 0 Å². The highest BCUT2D eigenvalue weighted by atomic mass is 16.6. The van der Waals surface area contributed by atoms with Gasteiger partial charge >= 0.3 is 12.1 Å². The number of rotatable bonds is 4. The molecule has 2 amide bonds. The van der Waals surface area contributed by atoms with Crippen molar-refractivity contribution in [1.82, 2.24) is 4.90 Å². The highest BCUT2D eigenvalue weighted by Gasteiger charge is 2.50. The van der Waals surface area contributed by atoms with Crippen LogP contribution in [0.25, 0.3) is 0 Å². The molecule has 1 aromatic rings. The Kier molecular flexibility index (Phi) is 6.02. The van der Waals surface area contributed by atoms with Crippen molar-refractivity contribution in [3.05, 3.63) is 35.9 Å². The van der Waals surface area contributed by atoms with Crippen molar-refractivity contribution in [2.75, 3.05) is 7.11 Å². The number of imide groups is 1. The van der Waals surface area contributed by atoms with Crippen LogP contribution in [0, 0.1) is 5.92 Å². The summed E-state index contributed by atoms with van der Waals surface area (Å²) >= 11 is 0. The topological polar surface area (TPSA) is 93.1 Å². The summed E-state index contributed by atoms with van der Waals surface area (Å²) < 4.78 is 9.96. The van der Waals surface area contributed by atoms with Crippen molar-refractivity contribution in [3.8, 4) is 0 Å². The molecule has 142 valence electrons. The Bertz CT molecular complexity index is 666. The average Bonchev–Trinajstić information content (AvgIpc) is 2.91. The molecule has 7 heteroatoms. The van der Waals surface area contributed by atoms with Crippen molar-refractivity contribution in [2.45, 2.75) is 51.4 Å². The fraction of sp³-hybridized carbons (Fsp3) is 0.526. The van der Waals surface area contributed by atoms with Crippen LogP contribution in [0.4, 0.5) is 4.79 Å². The molecule has 1 aliphatic rings. The monoisotopic (exact) mass is 363 g/mol. The Morgan fingerprint density at radius 1 is 1.27 bits per heavy atom. The highest BCUT2D eigenvalue weighted by Crippen LogP contribution is 2.31. The van der Waals surface area contributed by atoms with Crippen LogP contribution in [-0.2, 0) is 25.5 Å². The molecular formula is C19H25NO6. The third-order valence-electron chi connectivity index (χ3n) is 4.16. The molecule has 7 nitrogen and oxygen atoms in total. The van der Waals surface area contributed by atoms with Crippen molar-refractivity contribution < 1.29 is 29.0 Å². The summed E-state index contributed by atoms with van der Waals surface area (Å²) in [6.45, 7) is 5.00. The Morgan fingerprint density at radius 3 is 2.42 bits per heavy atom. The summed E-state index contributed by atoms with van der Waals surface area (Å²) in [6, 6.07) is 8.11. The fourth-order valence-corrected chi connectivity index (χ4v) is 2.96. The van der Waals surface area contributed by atoms with Gasteiger partial charge in [-0.05, 0) is 39.2 Å². The predicted octanol–water partition coefficient (Wildman–Crippen LogP) is 1.92. The van der Waals surface area contributed by atoms with E-state index in [0.29, 0.717) is 0 Å². The normalized spacial score (nSPS) is 21.4. The minimum atomic E-state index is -1.10. The lowest BCUT2D eigenvalue weighted by atomic mass is 9.93. The van der Waals surface area contributed by atoms with Crippen LogP contribution < -0.4 is 0 Å². The van der Waals surface area contributed by atoms with Gasteiger partial charge < -0.3 is 14.6 Å². The van der Waals surface area contributed by atoms with Crippen LogP contribution in [0.2, 0.25) is 0 Å². The van der Waals surface area contributed by atoms with E-state index in [0.717, 1.165) is 10.5 Å². The molecule has 0 spiro atoms. The molecule has 3 atom stereocenters. The number of aliphatic hydroxyl groups is 1. The number of benzene rings is 1. The summed E-state index contributed by atoms with van der Waals surface area (Å²) in [4.78, 5) is 38.0. The van der Waals surface area contributed by atoms with Crippen LogP contribution in [-0.4, -0.2) is 52.8 Å². The number of carbonyl (C=O) groups is 3. The Labute approximate surface area is 152 Å².